The number of likely N-dealkylation sites (tertiary alicyclic amines) is 1. The van der Waals surface area contributed by atoms with Crippen LogP contribution in [-0.2, 0) is 4.79 Å². The van der Waals surface area contributed by atoms with Crippen LogP contribution < -0.4 is 0 Å². The third-order valence-electron chi connectivity index (χ3n) is 2.69. The maximum absolute atomic E-state index is 11.7. The number of hydrogen-bond donors (Lipinski definition) is 1. The highest BCUT2D eigenvalue weighted by Crippen LogP contribution is 2.10. The highest BCUT2D eigenvalue weighted by molar-refractivity contribution is 5.91. The molecule has 2 rings (SSSR count). The minimum Gasteiger partial charge on any atom is -0.391 e. The van der Waals surface area contributed by atoms with Crippen LogP contribution in [0.3, 0.4) is 0 Å². The molecular weight excluding hydrogens is 202 g/mol. The first-order valence-corrected chi connectivity index (χ1v) is 5.46. The van der Waals surface area contributed by atoms with Crippen molar-refractivity contribution in [3.05, 3.63) is 42.0 Å². The van der Waals surface area contributed by atoms with E-state index < -0.39 is 0 Å². The number of benzene rings is 1. The van der Waals surface area contributed by atoms with Gasteiger partial charge in [-0.15, -0.1) is 0 Å². The summed E-state index contributed by atoms with van der Waals surface area (Å²) in [6.45, 7) is 1.11. The van der Waals surface area contributed by atoms with E-state index in [0.717, 1.165) is 5.56 Å². The molecule has 1 amide bonds. The average Bonchev–Trinajstić information content (AvgIpc) is 2.74. The zero-order valence-electron chi connectivity index (χ0n) is 9.04. The lowest BCUT2D eigenvalue weighted by Crippen LogP contribution is -2.27. The number of carbonyl (C=O) groups excluding carboxylic acids is 1. The summed E-state index contributed by atoms with van der Waals surface area (Å²) < 4.78 is 0. The quantitative estimate of drug-likeness (QED) is 0.758. The molecule has 16 heavy (non-hydrogen) atoms. The Kier molecular flexibility index (Phi) is 3.37. The van der Waals surface area contributed by atoms with E-state index in [1.807, 2.05) is 30.3 Å². The Morgan fingerprint density at radius 2 is 2.12 bits per heavy atom. The van der Waals surface area contributed by atoms with Gasteiger partial charge in [0.2, 0.25) is 5.91 Å². The fourth-order valence-corrected chi connectivity index (χ4v) is 1.78. The second-order valence-corrected chi connectivity index (χ2v) is 3.97. The molecular formula is C13H15NO2. The van der Waals surface area contributed by atoms with Gasteiger partial charge in [0.05, 0.1) is 6.10 Å². The number of rotatable bonds is 2. The molecule has 1 saturated heterocycles. The fourth-order valence-electron chi connectivity index (χ4n) is 1.78. The molecule has 3 heteroatoms. The van der Waals surface area contributed by atoms with Crippen LogP contribution in [0.25, 0.3) is 6.08 Å². The molecule has 1 aromatic carbocycles. The summed E-state index contributed by atoms with van der Waals surface area (Å²) in [7, 11) is 0. The lowest BCUT2D eigenvalue weighted by molar-refractivity contribution is -0.125. The molecule has 1 aliphatic heterocycles. The fraction of sp³-hybridized carbons (Fsp3) is 0.308. The lowest BCUT2D eigenvalue weighted by atomic mass is 10.2. The second kappa shape index (κ2) is 4.94. The predicted molar refractivity (Wildman–Crippen MR) is 62.7 cm³/mol. The molecule has 3 nitrogen and oxygen atoms in total. The normalized spacial score (nSPS) is 20.6. The minimum absolute atomic E-state index is 0.0274. The summed E-state index contributed by atoms with van der Waals surface area (Å²) in [6.07, 6.45) is 3.69. The number of amides is 1. The van der Waals surface area contributed by atoms with Gasteiger partial charge in [-0.1, -0.05) is 30.3 Å². The maximum Gasteiger partial charge on any atom is 0.246 e. The smallest absolute Gasteiger partial charge is 0.246 e. The monoisotopic (exact) mass is 217 g/mol. The van der Waals surface area contributed by atoms with E-state index in [1.54, 1.807) is 17.1 Å². The summed E-state index contributed by atoms with van der Waals surface area (Å²) in [5, 5.41) is 9.32. The Hall–Kier alpha value is -1.61. The molecule has 0 saturated carbocycles. The molecule has 1 fully saturated rings. The Morgan fingerprint density at radius 1 is 1.38 bits per heavy atom. The van der Waals surface area contributed by atoms with Gasteiger partial charge in [0, 0.05) is 19.2 Å². The number of nitrogens with zero attached hydrogens (tertiary/aromatic N) is 1. The van der Waals surface area contributed by atoms with Gasteiger partial charge in [0.15, 0.2) is 0 Å². The first kappa shape index (κ1) is 10.9. The van der Waals surface area contributed by atoms with Crippen molar-refractivity contribution in [3.63, 3.8) is 0 Å². The van der Waals surface area contributed by atoms with Crippen LogP contribution in [-0.4, -0.2) is 35.1 Å². The SMILES string of the molecule is O=C(C=Cc1ccccc1)N1CC[C@@H](O)C1. The first-order chi connectivity index (χ1) is 7.75. The number of carbonyl (C=O) groups is 1. The molecule has 1 atom stereocenters. The number of aliphatic hydroxyl groups excluding tert-OH is 1. The third-order valence-corrected chi connectivity index (χ3v) is 2.69. The van der Waals surface area contributed by atoms with Crippen LogP contribution in [0.15, 0.2) is 36.4 Å². The number of β-amino-alcohol motifs (C(OH)–C–C–N with tert-alkyl or cyclic N) is 1. The van der Waals surface area contributed by atoms with Crippen LogP contribution >= 0.6 is 0 Å². The summed E-state index contributed by atoms with van der Waals surface area (Å²) in [5.41, 5.74) is 1.01. The van der Waals surface area contributed by atoms with E-state index in [0.29, 0.717) is 19.5 Å². The predicted octanol–water partition coefficient (Wildman–Crippen LogP) is 1.29. The van der Waals surface area contributed by atoms with Crippen molar-refractivity contribution in [1.29, 1.82) is 0 Å². The van der Waals surface area contributed by atoms with Gasteiger partial charge >= 0.3 is 0 Å². The van der Waals surface area contributed by atoms with Crippen LogP contribution in [0.2, 0.25) is 0 Å². The van der Waals surface area contributed by atoms with Gasteiger partial charge in [-0.2, -0.15) is 0 Å². The van der Waals surface area contributed by atoms with Crippen molar-refractivity contribution in [2.24, 2.45) is 0 Å². The van der Waals surface area contributed by atoms with Crippen molar-refractivity contribution in [3.8, 4) is 0 Å². The molecule has 1 N–H and O–H groups in total. The lowest BCUT2D eigenvalue weighted by Gasteiger charge is -2.12. The Labute approximate surface area is 95.0 Å². The van der Waals surface area contributed by atoms with Crippen molar-refractivity contribution in [1.82, 2.24) is 4.90 Å². The zero-order valence-corrected chi connectivity index (χ0v) is 9.04. The summed E-state index contributed by atoms with van der Waals surface area (Å²) >= 11 is 0. The van der Waals surface area contributed by atoms with Gasteiger partial charge in [-0.05, 0) is 18.1 Å². The van der Waals surface area contributed by atoms with Crippen LogP contribution in [0.4, 0.5) is 0 Å². The number of hydrogen-bond acceptors (Lipinski definition) is 2. The van der Waals surface area contributed by atoms with E-state index in [1.165, 1.54) is 0 Å². The van der Waals surface area contributed by atoms with Crippen molar-refractivity contribution < 1.29 is 9.90 Å². The van der Waals surface area contributed by atoms with E-state index in [2.05, 4.69) is 0 Å². The largest absolute Gasteiger partial charge is 0.391 e. The topological polar surface area (TPSA) is 40.5 Å². The summed E-state index contributed by atoms with van der Waals surface area (Å²) in [4.78, 5) is 13.4. The van der Waals surface area contributed by atoms with Gasteiger partial charge < -0.3 is 10.0 Å². The molecule has 1 aromatic rings. The van der Waals surface area contributed by atoms with Gasteiger partial charge in [0.25, 0.3) is 0 Å². The van der Waals surface area contributed by atoms with E-state index in [4.69, 9.17) is 0 Å². The second-order valence-electron chi connectivity index (χ2n) is 3.97. The van der Waals surface area contributed by atoms with E-state index in [9.17, 15) is 9.90 Å². The summed E-state index contributed by atoms with van der Waals surface area (Å²) in [5.74, 6) is -0.0274. The summed E-state index contributed by atoms with van der Waals surface area (Å²) in [6, 6.07) is 9.70. The van der Waals surface area contributed by atoms with Crippen molar-refractivity contribution >= 4 is 12.0 Å². The molecule has 0 unspecified atom stereocenters. The van der Waals surface area contributed by atoms with Crippen LogP contribution in [0.5, 0.6) is 0 Å². The van der Waals surface area contributed by atoms with Crippen LogP contribution in [0, 0.1) is 0 Å². The highest BCUT2D eigenvalue weighted by atomic mass is 16.3. The van der Waals surface area contributed by atoms with Gasteiger partial charge in [0.1, 0.15) is 0 Å². The Bertz CT molecular complexity index is 386. The van der Waals surface area contributed by atoms with E-state index >= 15 is 0 Å². The molecule has 0 aliphatic carbocycles. The molecule has 1 heterocycles. The van der Waals surface area contributed by atoms with Crippen molar-refractivity contribution in [2.45, 2.75) is 12.5 Å². The van der Waals surface area contributed by atoms with Gasteiger partial charge in [-0.3, -0.25) is 4.79 Å². The van der Waals surface area contributed by atoms with Crippen molar-refractivity contribution in [2.75, 3.05) is 13.1 Å². The zero-order chi connectivity index (χ0) is 11.4. The van der Waals surface area contributed by atoms with Gasteiger partial charge in [-0.25, -0.2) is 0 Å². The molecule has 1 aliphatic rings. The first-order valence-electron chi connectivity index (χ1n) is 5.46. The van der Waals surface area contributed by atoms with E-state index in [-0.39, 0.29) is 12.0 Å². The molecule has 0 spiro atoms. The average molecular weight is 217 g/mol. The Balaban J connectivity index is 1.95. The molecule has 84 valence electrons. The molecule has 0 bridgehead atoms. The highest BCUT2D eigenvalue weighted by Gasteiger charge is 2.22. The third kappa shape index (κ3) is 2.70. The standard InChI is InChI=1S/C13H15NO2/c15-12-8-9-14(10-12)13(16)7-6-11-4-2-1-3-5-11/h1-7,12,15H,8-10H2/t12-/m1/s1. The molecule has 0 aromatic heterocycles. The minimum atomic E-state index is -0.353. The number of aliphatic hydroxyl groups is 1. The molecule has 0 radical (unpaired) electrons. The Morgan fingerprint density at radius 3 is 2.75 bits per heavy atom. The maximum atomic E-state index is 11.7. The van der Waals surface area contributed by atoms with Crippen LogP contribution in [0.1, 0.15) is 12.0 Å².